The second-order valence-electron chi connectivity index (χ2n) is 5.16. The van der Waals surface area contributed by atoms with E-state index < -0.39 is 21.5 Å². The Balaban J connectivity index is 1.87. The molecule has 22 heavy (non-hydrogen) atoms. The molecular weight excluding hydrogens is 298 g/mol. The van der Waals surface area contributed by atoms with Gasteiger partial charge in [-0.3, -0.25) is 4.79 Å². The van der Waals surface area contributed by atoms with Crippen molar-refractivity contribution in [2.24, 2.45) is 0 Å². The van der Waals surface area contributed by atoms with E-state index in [1.807, 2.05) is 37.3 Å². The number of hydrogen-bond donors (Lipinski definition) is 1. The molecule has 0 aliphatic carbocycles. The van der Waals surface area contributed by atoms with Crippen molar-refractivity contribution < 1.29 is 13.2 Å². The molecule has 116 valence electrons. The molecule has 0 saturated carbocycles. The van der Waals surface area contributed by atoms with Crippen LogP contribution in [0.4, 0.5) is 0 Å². The van der Waals surface area contributed by atoms with Crippen LogP contribution in [-0.2, 0) is 21.1 Å². The first-order valence-corrected chi connectivity index (χ1v) is 8.73. The fourth-order valence-electron chi connectivity index (χ4n) is 2.04. The first kappa shape index (κ1) is 16.2. The van der Waals surface area contributed by atoms with Crippen LogP contribution in [0.5, 0.6) is 0 Å². The molecule has 2 rings (SSSR count). The lowest BCUT2D eigenvalue weighted by Gasteiger charge is -2.07. The van der Waals surface area contributed by atoms with Gasteiger partial charge in [0.05, 0.1) is 4.90 Å². The van der Waals surface area contributed by atoms with E-state index in [4.69, 9.17) is 0 Å². The van der Waals surface area contributed by atoms with Crippen molar-refractivity contribution in [1.29, 1.82) is 0 Å². The Kier molecular flexibility index (Phi) is 5.33. The maximum Gasteiger partial charge on any atom is 0.235 e. The van der Waals surface area contributed by atoms with Crippen molar-refractivity contribution in [3.63, 3.8) is 0 Å². The molecule has 0 heterocycles. The number of amides is 1. The predicted molar refractivity (Wildman–Crippen MR) is 86.4 cm³/mol. The van der Waals surface area contributed by atoms with Gasteiger partial charge in [0.15, 0.2) is 9.84 Å². The molecule has 0 saturated heterocycles. The first-order valence-electron chi connectivity index (χ1n) is 7.07. The summed E-state index contributed by atoms with van der Waals surface area (Å²) >= 11 is 0. The second kappa shape index (κ2) is 7.22. The first-order chi connectivity index (χ1) is 10.5. The van der Waals surface area contributed by atoms with E-state index >= 15 is 0 Å². The maximum absolute atomic E-state index is 12.1. The van der Waals surface area contributed by atoms with Crippen molar-refractivity contribution in [2.75, 3.05) is 12.3 Å². The minimum absolute atomic E-state index is 0.177. The third-order valence-corrected chi connectivity index (χ3v) is 4.91. The average Bonchev–Trinajstić information content (AvgIpc) is 2.48. The monoisotopic (exact) mass is 317 g/mol. The number of benzene rings is 2. The fourth-order valence-corrected chi connectivity index (χ4v) is 3.21. The fraction of sp³-hybridized carbons (Fsp3) is 0.235. The highest BCUT2D eigenvalue weighted by atomic mass is 32.2. The molecule has 2 aromatic carbocycles. The van der Waals surface area contributed by atoms with E-state index in [2.05, 4.69) is 5.32 Å². The Morgan fingerprint density at radius 2 is 1.64 bits per heavy atom. The van der Waals surface area contributed by atoms with E-state index in [9.17, 15) is 13.2 Å². The Morgan fingerprint density at radius 3 is 2.27 bits per heavy atom. The summed E-state index contributed by atoms with van der Waals surface area (Å²) in [5.74, 6) is -0.998. The molecule has 0 spiro atoms. The lowest BCUT2D eigenvalue weighted by molar-refractivity contribution is -0.118. The Bertz CT molecular complexity index is 722. The van der Waals surface area contributed by atoms with E-state index in [-0.39, 0.29) is 4.90 Å². The summed E-state index contributed by atoms with van der Waals surface area (Å²) in [7, 11) is -3.58. The molecule has 0 bridgehead atoms. The number of rotatable bonds is 6. The van der Waals surface area contributed by atoms with Gasteiger partial charge in [-0.2, -0.15) is 0 Å². The average molecular weight is 317 g/mol. The molecule has 1 N–H and O–H groups in total. The predicted octanol–water partition coefficient (Wildman–Crippen LogP) is 2.13. The van der Waals surface area contributed by atoms with Gasteiger partial charge in [0, 0.05) is 6.54 Å². The molecule has 1 amide bonds. The summed E-state index contributed by atoms with van der Waals surface area (Å²) in [6, 6.07) is 16.2. The van der Waals surface area contributed by atoms with Gasteiger partial charge in [-0.05, 0) is 31.0 Å². The molecule has 0 aromatic heterocycles. The molecule has 5 heteroatoms. The number of aryl methyl sites for hydroxylation is 1. The standard InChI is InChI=1S/C17H19NO3S/c1-14-7-9-16(10-8-14)22(20,21)13-17(19)18-12-11-15-5-3-2-4-6-15/h2-10H,11-13H2,1H3,(H,18,19). The number of sulfone groups is 1. The molecule has 0 unspecified atom stereocenters. The lowest BCUT2D eigenvalue weighted by Crippen LogP contribution is -2.31. The maximum atomic E-state index is 12.1. The molecular formula is C17H19NO3S. The van der Waals surface area contributed by atoms with Gasteiger partial charge in [0.1, 0.15) is 5.75 Å². The molecule has 4 nitrogen and oxygen atoms in total. The molecule has 0 aliphatic heterocycles. The van der Waals surface area contributed by atoms with Crippen LogP contribution in [0.2, 0.25) is 0 Å². The van der Waals surface area contributed by atoms with Crippen molar-refractivity contribution in [3.05, 3.63) is 65.7 Å². The summed E-state index contributed by atoms with van der Waals surface area (Å²) in [5.41, 5.74) is 2.08. The Labute approximate surface area is 131 Å². The number of nitrogens with one attached hydrogen (secondary N) is 1. The third-order valence-electron chi connectivity index (χ3n) is 3.28. The summed E-state index contributed by atoms with van der Waals surface area (Å²) in [5, 5.41) is 2.65. The van der Waals surface area contributed by atoms with Gasteiger partial charge in [-0.15, -0.1) is 0 Å². The lowest BCUT2D eigenvalue weighted by atomic mass is 10.1. The SMILES string of the molecule is Cc1ccc(S(=O)(=O)CC(=O)NCCc2ccccc2)cc1. The van der Waals surface area contributed by atoms with Crippen LogP contribution in [0.25, 0.3) is 0 Å². The van der Waals surface area contributed by atoms with Crippen LogP contribution >= 0.6 is 0 Å². The van der Waals surface area contributed by atoms with Crippen LogP contribution in [0, 0.1) is 6.92 Å². The van der Waals surface area contributed by atoms with E-state index in [1.54, 1.807) is 12.1 Å². The summed E-state index contributed by atoms with van der Waals surface area (Å²) in [4.78, 5) is 12.0. The van der Waals surface area contributed by atoms with Crippen LogP contribution in [-0.4, -0.2) is 26.6 Å². The van der Waals surface area contributed by atoms with Crippen LogP contribution < -0.4 is 5.32 Å². The smallest absolute Gasteiger partial charge is 0.235 e. The third kappa shape index (κ3) is 4.70. The van der Waals surface area contributed by atoms with Gasteiger partial charge in [-0.1, -0.05) is 48.0 Å². The Morgan fingerprint density at radius 1 is 1.00 bits per heavy atom. The second-order valence-corrected chi connectivity index (χ2v) is 7.15. The van der Waals surface area contributed by atoms with Crippen molar-refractivity contribution in [1.82, 2.24) is 5.32 Å². The van der Waals surface area contributed by atoms with Crippen LogP contribution in [0.1, 0.15) is 11.1 Å². The minimum Gasteiger partial charge on any atom is -0.355 e. The zero-order valence-electron chi connectivity index (χ0n) is 12.5. The quantitative estimate of drug-likeness (QED) is 0.888. The molecule has 0 fully saturated rings. The van der Waals surface area contributed by atoms with Crippen LogP contribution in [0.3, 0.4) is 0 Å². The zero-order chi connectivity index (χ0) is 16.0. The van der Waals surface area contributed by atoms with Gasteiger partial charge in [-0.25, -0.2) is 8.42 Å². The van der Waals surface area contributed by atoms with Crippen LogP contribution in [0.15, 0.2) is 59.5 Å². The van der Waals surface area contributed by atoms with Crippen molar-refractivity contribution in [2.45, 2.75) is 18.2 Å². The van der Waals surface area contributed by atoms with Gasteiger partial charge in [0.25, 0.3) is 0 Å². The van der Waals surface area contributed by atoms with Crippen molar-refractivity contribution >= 4 is 15.7 Å². The number of carbonyl (C=O) groups excluding carboxylic acids is 1. The highest BCUT2D eigenvalue weighted by Gasteiger charge is 2.18. The van der Waals surface area contributed by atoms with Gasteiger partial charge in [0.2, 0.25) is 5.91 Å². The normalized spacial score (nSPS) is 11.1. The number of hydrogen-bond acceptors (Lipinski definition) is 3. The van der Waals surface area contributed by atoms with E-state index in [0.29, 0.717) is 13.0 Å². The highest BCUT2D eigenvalue weighted by Crippen LogP contribution is 2.11. The largest absolute Gasteiger partial charge is 0.355 e. The number of carbonyl (C=O) groups is 1. The Hall–Kier alpha value is -2.14. The van der Waals surface area contributed by atoms with Crippen molar-refractivity contribution in [3.8, 4) is 0 Å². The summed E-state index contributed by atoms with van der Waals surface area (Å²) < 4.78 is 24.3. The molecule has 0 atom stereocenters. The zero-order valence-corrected chi connectivity index (χ0v) is 13.3. The highest BCUT2D eigenvalue weighted by molar-refractivity contribution is 7.92. The summed E-state index contributed by atoms with van der Waals surface area (Å²) in [6.07, 6.45) is 0.678. The van der Waals surface area contributed by atoms with Gasteiger partial charge < -0.3 is 5.32 Å². The molecule has 0 radical (unpaired) electrons. The van der Waals surface area contributed by atoms with E-state index in [1.165, 1.54) is 12.1 Å². The topological polar surface area (TPSA) is 63.2 Å². The summed E-state index contributed by atoms with van der Waals surface area (Å²) in [6.45, 7) is 2.30. The molecule has 0 aliphatic rings. The minimum atomic E-state index is -3.58. The van der Waals surface area contributed by atoms with Gasteiger partial charge >= 0.3 is 0 Å². The van der Waals surface area contributed by atoms with E-state index in [0.717, 1.165) is 11.1 Å². The molecule has 2 aromatic rings.